The summed E-state index contributed by atoms with van der Waals surface area (Å²) in [4.78, 5) is 13.7. The molecule has 3 aliphatic heterocycles. The lowest BCUT2D eigenvalue weighted by molar-refractivity contribution is -0.946. The molecule has 1 aromatic carbocycles. The zero-order valence-corrected chi connectivity index (χ0v) is 20.2. The molecule has 0 radical (unpaired) electrons. The van der Waals surface area contributed by atoms with Crippen LogP contribution < -0.4 is 4.74 Å². The van der Waals surface area contributed by atoms with Crippen molar-refractivity contribution in [2.45, 2.75) is 31.0 Å². The second-order valence-electron chi connectivity index (χ2n) is 11.1. The summed E-state index contributed by atoms with van der Waals surface area (Å²) >= 11 is 0. The number of carbonyl (C=O) groups excluding carboxylic acids is 1. The Hall–Kier alpha value is -2.63. The molecule has 1 saturated carbocycles. The number of rotatable bonds is 7. The quantitative estimate of drug-likeness (QED) is 0.368. The first kappa shape index (κ1) is 22.8. The molecule has 6 aliphatic rings. The smallest absolute Gasteiger partial charge is 0.339 e. The number of hydrogen-bond donors (Lipinski definition) is 1. The number of aliphatic hydroxyl groups is 1. The Morgan fingerprint density at radius 1 is 0.943 bits per heavy atom. The van der Waals surface area contributed by atoms with Gasteiger partial charge in [-0.25, -0.2) is 4.79 Å². The predicted octanol–water partition coefficient (Wildman–Crippen LogP) is 4.07. The summed E-state index contributed by atoms with van der Waals surface area (Å²) < 4.78 is 13.2. The number of allylic oxidation sites excluding steroid dienone is 6. The Balaban J connectivity index is 1.12. The molecule has 5 heteroatoms. The van der Waals surface area contributed by atoms with E-state index in [9.17, 15) is 9.90 Å². The minimum atomic E-state index is -1.52. The van der Waals surface area contributed by atoms with E-state index in [0.29, 0.717) is 12.5 Å². The van der Waals surface area contributed by atoms with E-state index in [4.69, 9.17) is 9.47 Å². The van der Waals surface area contributed by atoms with Crippen molar-refractivity contribution in [1.29, 1.82) is 0 Å². The minimum Gasteiger partial charge on any atom is -0.493 e. The van der Waals surface area contributed by atoms with Gasteiger partial charge in [0.25, 0.3) is 0 Å². The van der Waals surface area contributed by atoms with Crippen LogP contribution in [-0.2, 0) is 9.53 Å². The number of nitrogens with zero attached hydrogens (tertiary/aromatic N) is 1. The number of quaternary nitrogens is 1. The molecule has 5 nitrogen and oxygen atoms in total. The van der Waals surface area contributed by atoms with Gasteiger partial charge >= 0.3 is 5.97 Å². The first-order valence-electron chi connectivity index (χ1n) is 13.3. The van der Waals surface area contributed by atoms with E-state index in [2.05, 4.69) is 12.2 Å². The molecule has 3 heterocycles. The molecule has 0 amide bonds. The topological polar surface area (TPSA) is 55.8 Å². The van der Waals surface area contributed by atoms with Crippen LogP contribution in [0.3, 0.4) is 0 Å². The van der Waals surface area contributed by atoms with Crippen molar-refractivity contribution >= 4 is 5.97 Å². The summed E-state index contributed by atoms with van der Waals surface area (Å²) in [5.74, 6) is 0.639. The summed E-state index contributed by atoms with van der Waals surface area (Å²) in [6, 6.07) is 9.97. The third kappa shape index (κ3) is 3.99. The molecule has 3 aliphatic carbocycles. The molecule has 1 N–H and O–H groups in total. The lowest BCUT2D eigenvalue weighted by Crippen LogP contribution is -2.65. The largest absolute Gasteiger partial charge is 0.493 e. The monoisotopic (exact) mass is 474 g/mol. The normalized spacial score (nSPS) is 40.4. The van der Waals surface area contributed by atoms with Gasteiger partial charge in [0.1, 0.15) is 12.3 Å². The lowest BCUT2D eigenvalue weighted by atomic mass is 9.79. The molecule has 2 bridgehead atoms. The molecular weight excluding hydrogens is 438 g/mol. The Morgan fingerprint density at radius 3 is 2.23 bits per heavy atom. The molecule has 35 heavy (non-hydrogen) atoms. The maximum atomic E-state index is 13.7. The molecule has 4 unspecified atom stereocenters. The summed E-state index contributed by atoms with van der Waals surface area (Å²) in [5, 5.41) is 11.9. The number of esters is 1. The average Bonchev–Trinajstić information content (AvgIpc) is 3.18. The first-order chi connectivity index (χ1) is 17.1. The standard InChI is InChI=1S/C30H36NO4/c32-29(30(33)26-13-6-4-11-24(26)25-12-5-7-14-27(25)30)35-28-21-31(18-15-22(28)16-19-31)17-8-20-34-23-9-2-1-3-10-23/h1-7,9-14,22,24-28,33H,8,15-21H2/q+1/t22?,24?,25?,26?,27?,28-,30?,31?/m0/s1. The van der Waals surface area contributed by atoms with E-state index in [1.807, 2.05) is 66.8 Å². The highest BCUT2D eigenvalue weighted by molar-refractivity contribution is 5.82. The molecule has 1 aromatic rings. The van der Waals surface area contributed by atoms with E-state index < -0.39 is 11.6 Å². The Kier molecular flexibility index (Phi) is 5.93. The third-order valence-electron chi connectivity index (χ3n) is 9.23. The van der Waals surface area contributed by atoms with E-state index in [-0.39, 0.29) is 29.8 Å². The van der Waals surface area contributed by atoms with Gasteiger partial charge in [-0.3, -0.25) is 0 Å². The van der Waals surface area contributed by atoms with E-state index in [1.165, 1.54) is 0 Å². The fraction of sp³-hybridized carbons (Fsp3) is 0.500. The molecule has 4 fully saturated rings. The Morgan fingerprint density at radius 2 is 1.57 bits per heavy atom. The summed E-state index contributed by atoms with van der Waals surface area (Å²) in [5.41, 5.74) is -1.52. The van der Waals surface area contributed by atoms with Crippen molar-refractivity contribution < 1.29 is 23.9 Å². The van der Waals surface area contributed by atoms with E-state index in [1.54, 1.807) is 0 Å². The minimum absolute atomic E-state index is 0.118. The number of fused-ring (bicyclic) bond motifs is 6. The fourth-order valence-electron chi connectivity index (χ4n) is 7.37. The lowest BCUT2D eigenvalue weighted by Gasteiger charge is -2.52. The van der Waals surface area contributed by atoms with Crippen LogP contribution in [0, 0.1) is 29.6 Å². The van der Waals surface area contributed by atoms with E-state index >= 15 is 0 Å². The first-order valence-corrected chi connectivity index (χ1v) is 13.3. The van der Waals surface area contributed by atoms with Crippen LogP contribution >= 0.6 is 0 Å². The summed E-state index contributed by atoms with van der Waals surface area (Å²) in [6.07, 6.45) is 19.3. The Bertz CT molecular complexity index is 1020. The van der Waals surface area contributed by atoms with Gasteiger partial charge in [-0.1, -0.05) is 66.8 Å². The van der Waals surface area contributed by atoms with Crippen LogP contribution in [-0.4, -0.2) is 60.0 Å². The predicted molar refractivity (Wildman–Crippen MR) is 134 cm³/mol. The van der Waals surface area contributed by atoms with Gasteiger partial charge in [-0.2, -0.15) is 0 Å². The second-order valence-corrected chi connectivity index (χ2v) is 11.1. The van der Waals surface area contributed by atoms with Crippen molar-refractivity contribution in [2.24, 2.45) is 29.6 Å². The second kappa shape index (κ2) is 9.11. The van der Waals surface area contributed by atoms with Crippen LogP contribution in [0.4, 0.5) is 0 Å². The number of hydrogen-bond acceptors (Lipinski definition) is 4. The van der Waals surface area contributed by atoms with Crippen LogP contribution in [0.1, 0.15) is 19.3 Å². The van der Waals surface area contributed by atoms with Gasteiger partial charge in [-0.05, 0) is 24.0 Å². The molecule has 0 aromatic heterocycles. The molecule has 184 valence electrons. The van der Waals surface area contributed by atoms with Gasteiger partial charge in [0.05, 0.1) is 26.2 Å². The fourth-order valence-corrected chi connectivity index (χ4v) is 7.37. The molecule has 7 rings (SSSR count). The highest BCUT2D eigenvalue weighted by Gasteiger charge is 2.63. The number of piperidine rings is 3. The highest BCUT2D eigenvalue weighted by atomic mass is 16.6. The summed E-state index contributed by atoms with van der Waals surface area (Å²) in [6.45, 7) is 4.87. The van der Waals surface area contributed by atoms with Crippen LogP contribution in [0.5, 0.6) is 5.75 Å². The van der Waals surface area contributed by atoms with Crippen LogP contribution in [0.2, 0.25) is 0 Å². The maximum absolute atomic E-state index is 13.7. The van der Waals surface area contributed by atoms with Gasteiger partial charge in [0.2, 0.25) is 0 Å². The van der Waals surface area contributed by atoms with Crippen molar-refractivity contribution in [2.75, 3.05) is 32.8 Å². The average molecular weight is 475 g/mol. The Labute approximate surface area is 208 Å². The third-order valence-corrected chi connectivity index (χ3v) is 9.23. The van der Waals surface area contributed by atoms with Crippen molar-refractivity contribution in [3.05, 3.63) is 78.9 Å². The number of carbonyl (C=O) groups is 1. The number of para-hydroxylation sites is 1. The van der Waals surface area contributed by atoms with Crippen molar-refractivity contribution in [1.82, 2.24) is 0 Å². The number of benzene rings is 1. The van der Waals surface area contributed by atoms with E-state index in [0.717, 1.165) is 55.7 Å². The van der Waals surface area contributed by atoms with Crippen molar-refractivity contribution in [3.8, 4) is 5.75 Å². The van der Waals surface area contributed by atoms with Crippen LogP contribution in [0.25, 0.3) is 0 Å². The van der Waals surface area contributed by atoms with Gasteiger partial charge in [0, 0.05) is 37.0 Å². The molecule has 3 saturated heterocycles. The zero-order valence-electron chi connectivity index (χ0n) is 20.2. The highest BCUT2D eigenvalue weighted by Crippen LogP contribution is 2.54. The van der Waals surface area contributed by atoms with Gasteiger partial charge < -0.3 is 19.1 Å². The number of ether oxygens (including phenoxy) is 2. The molecule has 5 atom stereocenters. The molecular formula is C30H36NO4+. The molecule has 0 spiro atoms. The maximum Gasteiger partial charge on any atom is 0.339 e. The SMILES string of the molecule is O=C(O[C@H]1C[N+]2(CCCOc3ccccc3)CCC1CC2)C1(O)C2C=CC=CC2C2C=CC=CC21. The van der Waals surface area contributed by atoms with Crippen LogP contribution in [0.15, 0.2) is 78.9 Å². The van der Waals surface area contributed by atoms with Gasteiger partial charge in [-0.15, -0.1) is 0 Å². The van der Waals surface area contributed by atoms with Gasteiger partial charge in [0.15, 0.2) is 11.7 Å². The van der Waals surface area contributed by atoms with Crippen molar-refractivity contribution in [3.63, 3.8) is 0 Å². The zero-order chi connectivity index (χ0) is 23.9. The summed E-state index contributed by atoms with van der Waals surface area (Å²) in [7, 11) is 0.